The lowest BCUT2D eigenvalue weighted by molar-refractivity contribution is -0.275. The summed E-state index contributed by atoms with van der Waals surface area (Å²) in [7, 11) is 1.06. The van der Waals surface area contributed by atoms with Crippen LogP contribution in [0.15, 0.2) is 60.7 Å². The van der Waals surface area contributed by atoms with E-state index in [1.807, 2.05) is 0 Å². The number of ether oxygens (including phenoxy) is 3. The highest BCUT2D eigenvalue weighted by Gasteiger charge is 2.34. The van der Waals surface area contributed by atoms with Crippen LogP contribution in [-0.4, -0.2) is 30.8 Å². The molecule has 0 radical (unpaired) electrons. The van der Waals surface area contributed by atoms with E-state index in [0.717, 1.165) is 19.2 Å². The second-order valence-corrected chi connectivity index (χ2v) is 6.17. The number of carbonyl (C=O) groups excluding carboxylic acids is 1. The Morgan fingerprint density at radius 3 is 1.78 bits per heavy atom. The third-order valence-corrected chi connectivity index (χ3v) is 4.06. The van der Waals surface area contributed by atoms with Gasteiger partial charge in [0, 0.05) is 11.1 Å². The van der Waals surface area contributed by atoms with Crippen LogP contribution in [0.2, 0.25) is 0 Å². The zero-order chi connectivity index (χ0) is 23.5. The Morgan fingerprint density at radius 1 is 0.750 bits per heavy atom. The average molecular weight is 457 g/mol. The highest BCUT2D eigenvalue weighted by Crippen LogP contribution is 2.38. The van der Waals surface area contributed by atoms with Crippen LogP contribution in [0.1, 0.15) is 10.4 Å². The van der Waals surface area contributed by atoms with Crippen LogP contribution in [0.3, 0.4) is 0 Å². The maximum absolute atomic E-state index is 12.9. The third kappa shape index (κ3) is 5.48. The van der Waals surface area contributed by atoms with Crippen LogP contribution in [0, 0.1) is 0 Å². The predicted octanol–water partition coefficient (Wildman–Crippen LogP) is 6.00. The van der Waals surface area contributed by atoms with Gasteiger partial charge < -0.3 is 14.2 Å². The van der Waals surface area contributed by atoms with E-state index in [4.69, 9.17) is 0 Å². The Kier molecular flexibility index (Phi) is 6.28. The maximum Gasteiger partial charge on any atom is 0.573 e. The van der Waals surface area contributed by atoms with E-state index in [-0.39, 0.29) is 28.1 Å². The topological polar surface area (TPSA) is 57.7 Å². The number of hydrogen-bond acceptors (Lipinski definition) is 5. The van der Waals surface area contributed by atoms with Crippen LogP contribution in [0.25, 0.3) is 22.5 Å². The van der Waals surface area contributed by atoms with Gasteiger partial charge in [0.15, 0.2) is 0 Å². The van der Waals surface area contributed by atoms with Crippen molar-refractivity contribution in [3.8, 4) is 34.0 Å². The van der Waals surface area contributed by atoms with Gasteiger partial charge in [-0.3, -0.25) is 0 Å². The van der Waals surface area contributed by atoms with Gasteiger partial charge in [0.2, 0.25) is 0 Å². The predicted molar refractivity (Wildman–Crippen MR) is 99.8 cm³/mol. The molecule has 0 aliphatic heterocycles. The second kappa shape index (κ2) is 8.77. The lowest BCUT2D eigenvalue weighted by Gasteiger charge is -2.16. The third-order valence-electron chi connectivity index (χ3n) is 4.06. The van der Waals surface area contributed by atoms with Crippen molar-refractivity contribution >= 4 is 5.97 Å². The molecule has 0 amide bonds. The summed E-state index contributed by atoms with van der Waals surface area (Å²) in [4.78, 5) is 16.4. The number of esters is 1. The van der Waals surface area contributed by atoms with Crippen LogP contribution >= 0.6 is 0 Å². The van der Waals surface area contributed by atoms with Gasteiger partial charge in [-0.05, 0) is 36.4 Å². The smallest absolute Gasteiger partial charge is 0.465 e. The molecule has 0 saturated carbocycles. The number of methoxy groups -OCH3 is 1. The molecule has 0 atom stereocenters. The van der Waals surface area contributed by atoms with Gasteiger partial charge in [-0.25, -0.2) is 9.78 Å². The molecular weight excluding hydrogens is 444 g/mol. The zero-order valence-corrected chi connectivity index (χ0v) is 16.1. The van der Waals surface area contributed by atoms with Gasteiger partial charge in [0.1, 0.15) is 11.5 Å². The van der Waals surface area contributed by atoms with Gasteiger partial charge in [0.25, 0.3) is 0 Å². The van der Waals surface area contributed by atoms with Crippen molar-refractivity contribution in [2.45, 2.75) is 12.7 Å². The van der Waals surface area contributed by atoms with Crippen LogP contribution in [0.4, 0.5) is 26.3 Å². The van der Waals surface area contributed by atoms with E-state index < -0.39 is 30.2 Å². The number of benzene rings is 2. The molecule has 11 heteroatoms. The summed E-state index contributed by atoms with van der Waals surface area (Å²) in [5, 5.41) is 0. The lowest BCUT2D eigenvalue weighted by Crippen LogP contribution is -2.18. The summed E-state index contributed by atoms with van der Waals surface area (Å²) in [6.07, 6.45) is -10.0. The molecule has 0 spiro atoms. The zero-order valence-electron chi connectivity index (χ0n) is 16.1. The first-order chi connectivity index (χ1) is 15.0. The fourth-order valence-electron chi connectivity index (χ4n) is 2.86. The largest absolute Gasteiger partial charge is 0.573 e. The Hall–Kier alpha value is -3.76. The number of rotatable bonds is 5. The van der Waals surface area contributed by atoms with Crippen LogP contribution < -0.4 is 9.47 Å². The van der Waals surface area contributed by atoms with E-state index in [2.05, 4.69) is 19.2 Å². The fraction of sp³-hybridized carbons (Fsp3) is 0.143. The molecular formula is C21H13F6NO4. The minimum Gasteiger partial charge on any atom is -0.465 e. The SMILES string of the molecule is COC(=O)c1ccc(-c2ccccc2OC(F)(F)F)nc1-c1ccccc1OC(F)(F)F. The summed E-state index contributed by atoms with van der Waals surface area (Å²) in [5.41, 5.74) is -0.910. The molecule has 2 aromatic carbocycles. The highest BCUT2D eigenvalue weighted by atomic mass is 19.4. The standard InChI is InChI=1S/C21H13F6NO4/c1-30-19(29)14-10-11-15(12-6-2-4-8-16(12)31-20(22,23)24)28-18(14)13-7-3-5-9-17(13)32-21(25,26)27/h2-11H,1H3. The average Bonchev–Trinajstić information content (AvgIpc) is 2.71. The molecule has 0 aliphatic carbocycles. The van der Waals surface area contributed by atoms with Gasteiger partial charge in [-0.2, -0.15) is 0 Å². The number of para-hydroxylation sites is 2. The van der Waals surface area contributed by atoms with Crippen molar-refractivity contribution in [1.82, 2.24) is 4.98 Å². The first-order valence-corrected chi connectivity index (χ1v) is 8.78. The summed E-state index contributed by atoms with van der Waals surface area (Å²) >= 11 is 0. The van der Waals surface area contributed by atoms with Crippen molar-refractivity contribution < 1.29 is 45.3 Å². The number of halogens is 6. The minimum atomic E-state index is -5.04. The molecule has 0 aliphatic rings. The highest BCUT2D eigenvalue weighted by molar-refractivity contribution is 5.97. The van der Waals surface area contributed by atoms with Crippen molar-refractivity contribution in [2.24, 2.45) is 0 Å². The summed E-state index contributed by atoms with van der Waals surface area (Å²) in [5.74, 6) is -2.15. The number of aromatic nitrogens is 1. The molecule has 1 aromatic heterocycles. The maximum atomic E-state index is 12.9. The molecule has 0 fully saturated rings. The monoisotopic (exact) mass is 457 g/mol. The van der Waals surface area contributed by atoms with Gasteiger partial charge in [-0.15, -0.1) is 26.3 Å². The molecule has 5 nitrogen and oxygen atoms in total. The molecule has 0 unspecified atom stereocenters. The van der Waals surface area contributed by atoms with Crippen molar-refractivity contribution in [1.29, 1.82) is 0 Å². The van der Waals surface area contributed by atoms with Crippen molar-refractivity contribution in [3.63, 3.8) is 0 Å². The number of alkyl halides is 6. The molecule has 3 rings (SSSR count). The minimum absolute atomic E-state index is 0.0886. The molecule has 0 N–H and O–H groups in total. The van der Waals surface area contributed by atoms with Gasteiger partial charge in [0.05, 0.1) is 24.1 Å². The molecule has 168 valence electrons. The molecule has 1 heterocycles. The second-order valence-electron chi connectivity index (χ2n) is 6.17. The summed E-state index contributed by atoms with van der Waals surface area (Å²) in [6, 6.07) is 12.4. The van der Waals surface area contributed by atoms with Crippen LogP contribution in [0.5, 0.6) is 11.5 Å². The molecule has 32 heavy (non-hydrogen) atoms. The van der Waals surface area contributed by atoms with E-state index >= 15 is 0 Å². The van der Waals surface area contributed by atoms with Crippen molar-refractivity contribution in [3.05, 3.63) is 66.2 Å². The number of hydrogen-bond donors (Lipinski definition) is 0. The Balaban J connectivity index is 2.21. The quantitative estimate of drug-likeness (QED) is 0.348. The van der Waals surface area contributed by atoms with E-state index in [1.165, 1.54) is 48.5 Å². The van der Waals surface area contributed by atoms with Crippen molar-refractivity contribution in [2.75, 3.05) is 7.11 Å². The molecule has 0 bridgehead atoms. The summed E-state index contributed by atoms with van der Waals surface area (Å²) in [6.45, 7) is 0. The normalized spacial score (nSPS) is 11.7. The fourth-order valence-corrected chi connectivity index (χ4v) is 2.86. The van der Waals surface area contributed by atoms with E-state index in [0.29, 0.717) is 0 Å². The van der Waals surface area contributed by atoms with Crippen LogP contribution in [-0.2, 0) is 4.74 Å². The lowest BCUT2D eigenvalue weighted by atomic mass is 10.0. The Labute approximate surface area is 177 Å². The Morgan fingerprint density at radius 2 is 1.25 bits per heavy atom. The molecule has 3 aromatic rings. The Bertz CT molecular complexity index is 1130. The molecule has 0 saturated heterocycles. The van der Waals surface area contributed by atoms with Gasteiger partial charge >= 0.3 is 18.7 Å². The van der Waals surface area contributed by atoms with Gasteiger partial charge in [-0.1, -0.05) is 24.3 Å². The number of nitrogens with zero attached hydrogens (tertiary/aromatic N) is 1. The first-order valence-electron chi connectivity index (χ1n) is 8.78. The number of pyridine rings is 1. The van der Waals surface area contributed by atoms with E-state index in [9.17, 15) is 31.1 Å². The first kappa shape index (κ1) is 22.9. The number of carbonyl (C=O) groups is 1. The summed E-state index contributed by atoms with van der Waals surface area (Å²) < 4.78 is 89.6. The van der Waals surface area contributed by atoms with E-state index in [1.54, 1.807) is 0 Å².